The summed E-state index contributed by atoms with van der Waals surface area (Å²) in [4.78, 5) is 17.6. The van der Waals surface area contributed by atoms with Gasteiger partial charge in [0.1, 0.15) is 6.04 Å². The summed E-state index contributed by atoms with van der Waals surface area (Å²) in [6.45, 7) is 2.25. The molecule has 0 aliphatic carbocycles. The van der Waals surface area contributed by atoms with E-state index in [0.717, 1.165) is 5.56 Å². The molecule has 6 heteroatoms. The van der Waals surface area contributed by atoms with Crippen LogP contribution in [0.2, 0.25) is 0 Å². The zero-order valence-electron chi connectivity index (χ0n) is 10.3. The van der Waals surface area contributed by atoms with Gasteiger partial charge in [0.25, 0.3) is 0 Å². The third kappa shape index (κ3) is 2.77. The molecule has 1 aromatic heterocycles. The lowest BCUT2D eigenvalue weighted by molar-refractivity contribution is -0.153. The average molecular weight is 251 g/mol. The molecule has 0 saturated carbocycles. The number of ether oxygens (including phenoxy) is 2. The summed E-state index contributed by atoms with van der Waals surface area (Å²) >= 11 is 0. The first-order valence-electron chi connectivity index (χ1n) is 5.80. The number of pyridine rings is 1. The maximum Gasteiger partial charge on any atom is 0.325 e. The summed E-state index contributed by atoms with van der Waals surface area (Å²) in [6.07, 6.45) is 3.31. The zero-order valence-corrected chi connectivity index (χ0v) is 10.3. The Morgan fingerprint density at radius 2 is 2.56 bits per heavy atom. The topological polar surface area (TPSA) is 77.7 Å². The van der Waals surface area contributed by atoms with Gasteiger partial charge < -0.3 is 15.2 Å². The highest BCUT2D eigenvalue weighted by Gasteiger charge is 2.30. The van der Waals surface area contributed by atoms with Gasteiger partial charge in [-0.25, -0.2) is 0 Å². The minimum Gasteiger partial charge on any atom is -0.468 e. The Balaban J connectivity index is 2.10. The van der Waals surface area contributed by atoms with Crippen LogP contribution in [0, 0.1) is 0 Å². The first-order valence-corrected chi connectivity index (χ1v) is 5.80. The molecule has 98 valence electrons. The Bertz CT molecular complexity index is 425. The summed E-state index contributed by atoms with van der Waals surface area (Å²) in [5.74, 6) is -0.276. The average Bonchev–Trinajstić information content (AvgIpc) is 2.41. The maximum absolute atomic E-state index is 11.7. The van der Waals surface area contributed by atoms with Crippen LogP contribution in [-0.4, -0.2) is 48.8 Å². The van der Waals surface area contributed by atoms with Crippen LogP contribution in [0.4, 0.5) is 5.69 Å². The zero-order chi connectivity index (χ0) is 13.0. The van der Waals surface area contributed by atoms with Gasteiger partial charge in [-0.2, -0.15) is 0 Å². The second-order valence-corrected chi connectivity index (χ2v) is 4.16. The van der Waals surface area contributed by atoms with Gasteiger partial charge in [-0.1, -0.05) is 0 Å². The van der Waals surface area contributed by atoms with Crippen molar-refractivity contribution in [3.63, 3.8) is 0 Å². The van der Waals surface area contributed by atoms with Crippen molar-refractivity contribution >= 4 is 11.7 Å². The monoisotopic (exact) mass is 251 g/mol. The van der Waals surface area contributed by atoms with Crippen LogP contribution in [0.5, 0.6) is 0 Å². The lowest BCUT2D eigenvalue weighted by Crippen LogP contribution is -2.49. The highest BCUT2D eigenvalue weighted by atomic mass is 16.5. The first-order chi connectivity index (χ1) is 8.72. The molecular formula is C12H17N3O3. The fourth-order valence-electron chi connectivity index (χ4n) is 1.98. The number of nitrogens with zero attached hydrogens (tertiary/aromatic N) is 2. The van der Waals surface area contributed by atoms with E-state index in [1.54, 1.807) is 12.4 Å². The second-order valence-electron chi connectivity index (χ2n) is 4.16. The van der Waals surface area contributed by atoms with Crippen molar-refractivity contribution in [3.05, 3.63) is 24.0 Å². The molecule has 1 aromatic rings. The van der Waals surface area contributed by atoms with Crippen molar-refractivity contribution in [2.45, 2.75) is 12.6 Å². The number of nitrogens with two attached hydrogens (primary N) is 1. The van der Waals surface area contributed by atoms with Crippen molar-refractivity contribution in [1.29, 1.82) is 0 Å². The van der Waals surface area contributed by atoms with E-state index in [4.69, 9.17) is 15.2 Å². The van der Waals surface area contributed by atoms with Crippen molar-refractivity contribution in [2.75, 3.05) is 32.6 Å². The number of hydrogen-bond donors (Lipinski definition) is 1. The van der Waals surface area contributed by atoms with E-state index in [-0.39, 0.29) is 12.0 Å². The van der Waals surface area contributed by atoms with E-state index in [2.05, 4.69) is 4.98 Å². The number of hydrogen-bond acceptors (Lipinski definition) is 6. The van der Waals surface area contributed by atoms with Gasteiger partial charge in [0, 0.05) is 19.3 Å². The van der Waals surface area contributed by atoms with Gasteiger partial charge in [0.15, 0.2) is 0 Å². The number of methoxy groups -OCH3 is 1. The predicted molar refractivity (Wildman–Crippen MR) is 65.7 cm³/mol. The minimum absolute atomic E-state index is 0.276. The molecule has 0 spiro atoms. The van der Waals surface area contributed by atoms with Crippen LogP contribution < -0.4 is 5.73 Å². The van der Waals surface area contributed by atoms with E-state index in [9.17, 15) is 4.79 Å². The standard InChI is InChI=1S/C12H17N3O3/c1-17-12(16)11-8-18-5-4-15(11)7-9-2-3-14-6-10(9)13/h2-3,6,11H,4-5,7-8,13H2,1H3. The van der Waals surface area contributed by atoms with Crippen LogP contribution in [0.3, 0.4) is 0 Å². The Kier molecular flexibility index (Phi) is 4.11. The van der Waals surface area contributed by atoms with Crippen molar-refractivity contribution in [1.82, 2.24) is 9.88 Å². The largest absolute Gasteiger partial charge is 0.468 e. The smallest absolute Gasteiger partial charge is 0.325 e. The number of rotatable bonds is 3. The Morgan fingerprint density at radius 3 is 3.28 bits per heavy atom. The highest BCUT2D eigenvalue weighted by molar-refractivity contribution is 5.76. The van der Waals surface area contributed by atoms with Crippen LogP contribution >= 0.6 is 0 Å². The predicted octanol–water partition coefficient (Wildman–Crippen LogP) is 0.0376. The van der Waals surface area contributed by atoms with E-state index >= 15 is 0 Å². The molecule has 1 aliphatic heterocycles. The summed E-state index contributed by atoms with van der Waals surface area (Å²) < 4.78 is 10.1. The molecule has 2 rings (SSSR count). The molecule has 18 heavy (non-hydrogen) atoms. The highest BCUT2D eigenvalue weighted by Crippen LogP contribution is 2.16. The van der Waals surface area contributed by atoms with Gasteiger partial charge in [0.2, 0.25) is 0 Å². The molecule has 0 aromatic carbocycles. The first kappa shape index (κ1) is 12.8. The van der Waals surface area contributed by atoms with Gasteiger partial charge >= 0.3 is 5.97 Å². The van der Waals surface area contributed by atoms with E-state index in [1.807, 2.05) is 11.0 Å². The summed E-state index contributed by atoms with van der Waals surface area (Å²) in [7, 11) is 1.38. The van der Waals surface area contributed by atoms with Crippen LogP contribution in [-0.2, 0) is 20.8 Å². The van der Waals surface area contributed by atoms with E-state index < -0.39 is 0 Å². The molecule has 1 aliphatic rings. The molecule has 1 saturated heterocycles. The molecule has 1 unspecified atom stereocenters. The Hall–Kier alpha value is -1.66. The fourth-order valence-corrected chi connectivity index (χ4v) is 1.98. The number of carbonyl (C=O) groups excluding carboxylic acids is 1. The Morgan fingerprint density at radius 1 is 1.72 bits per heavy atom. The van der Waals surface area contributed by atoms with Gasteiger partial charge in [-0.3, -0.25) is 14.7 Å². The number of anilines is 1. The number of nitrogen functional groups attached to an aromatic ring is 1. The Labute approximate surface area is 106 Å². The van der Waals surface area contributed by atoms with Crippen molar-refractivity contribution < 1.29 is 14.3 Å². The number of esters is 1. The molecule has 1 fully saturated rings. The molecule has 6 nitrogen and oxygen atoms in total. The number of morpholine rings is 1. The normalized spacial score (nSPS) is 20.6. The SMILES string of the molecule is COC(=O)C1COCCN1Cc1ccncc1N. The third-order valence-corrected chi connectivity index (χ3v) is 3.03. The van der Waals surface area contributed by atoms with E-state index in [0.29, 0.717) is 32.0 Å². The van der Waals surface area contributed by atoms with Crippen molar-refractivity contribution in [3.8, 4) is 0 Å². The summed E-state index contributed by atoms with van der Waals surface area (Å²) in [5, 5.41) is 0. The molecular weight excluding hydrogens is 234 g/mol. The second kappa shape index (κ2) is 5.79. The number of carbonyl (C=O) groups is 1. The molecule has 0 bridgehead atoms. The summed E-state index contributed by atoms with van der Waals surface area (Å²) in [5.41, 5.74) is 7.45. The third-order valence-electron chi connectivity index (χ3n) is 3.03. The molecule has 2 N–H and O–H groups in total. The lowest BCUT2D eigenvalue weighted by atomic mass is 10.1. The number of aromatic nitrogens is 1. The van der Waals surface area contributed by atoms with Gasteiger partial charge in [-0.15, -0.1) is 0 Å². The van der Waals surface area contributed by atoms with Crippen molar-refractivity contribution in [2.24, 2.45) is 0 Å². The quantitative estimate of drug-likeness (QED) is 0.764. The van der Waals surface area contributed by atoms with Crippen LogP contribution in [0.25, 0.3) is 0 Å². The van der Waals surface area contributed by atoms with Crippen LogP contribution in [0.15, 0.2) is 18.5 Å². The molecule has 1 atom stereocenters. The molecule has 0 radical (unpaired) electrons. The van der Waals surface area contributed by atoms with Gasteiger partial charge in [-0.05, 0) is 11.6 Å². The van der Waals surface area contributed by atoms with Gasteiger partial charge in [0.05, 0.1) is 32.2 Å². The molecule has 2 heterocycles. The summed E-state index contributed by atoms with van der Waals surface area (Å²) in [6, 6.07) is 1.50. The molecule has 0 amide bonds. The van der Waals surface area contributed by atoms with E-state index in [1.165, 1.54) is 7.11 Å². The lowest BCUT2D eigenvalue weighted by Gasteiger charge is -2.33. The minimum atomic E-state index is -0.365. The maximum atomic E-state index is 11.7. The fraction of sp³-hybridized carbons (Fsp3) is 0.500. The van der Waals surface area contributed by atoms with Crippen LogP contribution in [0.1, 0.15) is 5.56 Å².